The predicted octanol–water partition coefficient (Wildman–Crippen LogP) is 3.52. The topological polar surface area (TPSA) is 116 Å². The summed E-state index contributed by atoms with van der Waals surface area (Å²) in [4.78, 5) is 18.5. The largest absolute Gasteiger partial charge is 0.493 e. The van der Waals surface area contributed by atoms with Gasteiger partial charge in [0.2, 0.25) is 0 Å². The van der Waals surface area contributed by atoms with Crippen LogP contribution in [0.4, 0.5) is 11.4 Å². The number of rotatable bonds is 6. The zero-order valence-electron chi connectivity index (χ0n) is 13.9. The van der Waals surface area contributed by atoms with E-state index in [1.165, 1.54) is 13.2 Å². The Bertz CT molecular complexity index is 936. The number of hydrogen-bond acceptors (Lipinski definition) is 6. The van der Waals surface area contributed by atoms with Crippen molar-refractivity contribution in [1.82, 2.24) is 9.97 Å². The lowest BCUT2D eigenvalue weighted by Gasteiger charge is -2.11. The van der Waals surface area contributed by atoms with Gasteiger partial charge in [0.15, 0.2) is 11.5 Å². The van der Waals surface area contributed by atoms with Crippen LogP contribution in [0.15, 0.2) is 30.3 Å². The maximum Gasteiger partial charge on any atom is 0.284 e. The molecule has 2 aromatic carbocycles. The summed E-state index contributed by atoms with van der Waals surface area (Å²) in [6, 6.07) is 8.14. The van der Waals surface area contributed by atoms with Gasteiger partial charge in [-0.1, -0.05) is 6.92 Å². The number of methoxy groups -OCH3 is 1. The summed E-state index contributed by atoms with van der Waals surface area (Å²) in [5, 5.41) is 11.5. The Hall–Kier alpha value is -3.29. The molecule has 0 aliphatic rings. The van der Waals surface area contributed by atoms with Crippen molar-refractivity contribution in [2.24, 2.45) is 0 Å². The van der Waals surface area contributed by atoms with Gasteiger partial charge in [-0.3, -0.25) is 10.1 Å². The number of ether oxygens (including phenoxy) is 2. The van der Waals surface area contributed by atoms with E-state index in [1.54, 1.807) is 24.3 Å². The highest BCUT2D eigenvalue weighted by Crippen LogP contribution is 2.39. The van der Waals surface area contributed by atoms with Crippen LogP contribution in [0.5, 0.6) is 11.5 Å². The normalized spacial score (nSPS) is 10.8. The Balaban J connectivity index is 2.18. The molecule has 0 unspecified atom stereocenters. The van der Waals surface area contributed by atoms with Gasteiger partial charge in [0, 0.05) is 11.8 Å². The van der Waals surface area contributed by atoms with Crippen LogP contribution < -0.4 is 15.2 Å². The molecule has 0 radical (unpaired) electrons. The molecule has 1 heterocycles. The number of anilines is 1. The van der Waals surface area contributed by atoms with E-state index in [4.69, 9.17) is 15.2 Å². The quantitative estimate of drug-likeness (QED) is 0.402. The third-order valence-corrected chi connectivity index (χ3v) is 3.70. The Kier molecular flexibility index (Phi) is 4.42. The first kappa shape index (κ1) is 16.6. The fourth-order valence-electron chi connectivity index (χ4n) is 2.53. The van der Waals surface area contributed by atoms with Crippen LogP contribution in [0, 0.1) is 10.1 Å². The molecule has 3 rings (SSSR count). The number of aromatic nitrogens is 2. The van der Waals surface area contributed by atoms with Crippen molar-refractivity contribution in [2.45, 2.75) is 13.3 Å². The summed E-state index contributed by atoms with van der Waals surface area (Å²) in [5.74, 6) is 1.12. The van der Waals surface area contributed by atoms with Crippen molar-refractivity contribution in [1.29, 1.82) is 0 Å². The standard InChI is InChI=1S/C17H18N4O4/c1-3-6-25-16-8-11(14(21(22)23)9-15(16)24-2)17-19-12-5-4-10(18)7-13(12)20-17/h4-5,7-9H,3,6,18H2,1-2H3,(H,19,20). The number of imidazole rings is 1. The summed E-state index contributed by atoms with van der Waals surface area (Å²) >= 11 is 0. The molecule has 0 bridgehead atoms. The van der Waals surface area contributed by atoms with E-state index in [2.05, 4.69) is 9.97 Å². The zero-order valence-corrected chi connectivity index (χ0v) is 13.9. The lowest BCUT2D eigenvalue weighted by molar-refractivity contribution is -0.384. The second-order valence-corrected chi connectivity index (χ2v) is 5.49. The molecule has 130 valence electrons. The number of fused-ring (bicyclic) bond motifs is 1. The number of benzene rings is 2. The number of aromatic amines is 1. The van der Waals surface area contributed by atoms with Crippen molar-refractivity contribution in [3.8, 4) is 22.9 Å². The van der Waals surface area contributed by atoms with E-state index in [-0.39, 0.29) is 5.69 Å². The summed E-state index contributed by atoms with van der Waals surface area (Å²) in [7, 11) is 1.45. The van der Waals surface area contributed by atoms with Crippen LogP contribution in [-0.2, 0) is 0 Å². The highest BCUT2D eigenvalue weighted by atomic mass is 16.6. The molecule has 0 aliphatic carbocycles. The molecule has 0 atom stereocenters. The molecular weight excluding hydrogens is 324 g/mol. The number of nitro benzene ring substituents is 1. The van der Waals surface area contributed by atoms with Crippen LogP contribution >= 0.6 is 0 Å². The molecular formula is C17H18N4O4. The highest BCUT2D eigenvalue weighted by Gasteiger charge is 2.23. The molecule has 0 fully saturated rings. The van der Waals surface area contributed by atoms with Crippen molar-refractivity contribution >= 4 is 22.4 Å². The number of nitrogens with two attached hydrogens (primary N) is 1. The minimum Gasteiger partial charge on any atom is -0.493 e. The molecule has 25 heavy (non-hydrogen) atoms. The molecule has 0 amide bonds. The molecule has 0 saturated carbocycles. The van der Waals surface area contributed by atoms with Gasteiger partial charge >= 0.3 is 0 Å². The number of nitro groups is 1. The van der Waals surface area contributed by atoms with Gasteiger partial charge in [-0.05, 0) is 24.6 Å². The summed E-state index contributed by atoms with van der Waals surface area (Å²) in [6.45, 7) is 2.45. The van der Waals surface area contributed by atoms with Gasteiger partial charge in [-0.2, -0.15) is 0 Å². The average Bonchev–Trinajstić information content (AvgIpc) is 3.01. The van der Waals surface area contributed by atoms with E-state index in [9.17, 15) is 10.1 Å². The zero-order chi connectivity index (χ0) is 18.0. The van der Waals surface area contributed by atoms with Crippen LogP contribution in [0.3, 0.4) is 0 Å². The highest BCUT2D eigenvalue weighted by molar-refractivity contribution is 5.84. The van der Waals surface area contributed by atoms with Crippen LogP contribution in [0.2, 0.25) is 0 Å². The second kappa shape index (κ2) is 6.68. The van der Waals surface area contributed by atoms with E-state index in [0.29, 0.717) is 46.2 Å². The van der Waals surface area contributed by atoms with Gasteiger partial charge in [-0.25, -0.2) is 4.98 Å². The van der Waals surface area contributed by atoms with Gasteiger partial charge < -0.3 is 20.2 Å². The predicted molar refractivity (Wildman–Crippen MR) is 94.9 cm³/mol. The van der Waals surface area contributed by atoms with Crippen molar-refractivity contribution < 1.29 is 14.4 Å². The SMILES string of the molecule is CCCOc1cc(-c2nc3ccc(N)cc3[nH]2)c([N+](=O)[O-])cc1OC. The first-order valence-corrected chi connectivity index (χ1v) is 7.78. The third-order valence-electron chi connectivity index (χ3n) is 3.70. The van der Waals surface area contributed by atoms with Gasteiger partial charge in [0.05, 0.1) is 41.3 Å². The summed E-state index contributed by atoms with van der Waals surface area (Å²) < 4.78 is 10.9. The second-order valence-electron chi connectivity index (χ2n) is 5.49. The van der Waals surface area contributed by atoms with Crippen molar-refractivity contribution in [2.75, 3.05) is 19.5 Å². The van der Waals surface area contributed by atoms with Crippen LogP contribution in [-0.4, -0.2) is 28.6 Å². The summed E-state index contributed by atoms with van der Waals surface area (Å²) in [5.41, 5.74) is 7.94. The monoisotopic (exact) mass is 342 g/mol. The van der Waals surface area contributed by atoms with E-state index >= 15 is 0 Å². The van der Waals surface area contributed by atoms with Gasteiger partial charge in [0.25, 0.3) is 5.69 Å². The average molecular weight is 342 g/mol. The fourth-order valence-corrected chi connectivity index (χ4v) is 2.53. The molecule has 1 aromatic heterocycles. The number of nitrogens with zero attached hydrogens (tertiary/aromatic N) is 2. The number of nitrogen functional groups attached to an aromatic ring is 1. The molecule has 0 spiro atoms. The molecule has 0 aliphatic heterocycles. The van der Waals surface area contributed by atoms with Crippen molar-refractivity contribution in [3.05, 3.63) is 40.4 Å². The Morgan fingerprint density at radius 2 is 2.08 bits per heavy atom. The first-order chi connectivity index (χ1) is 12.0. The van der Waals surface area contributed by atoms with E-state index in [0.717, 1.165) is 6.42 Å². The summed E-state index contributed by atoms with van der Waals surface area (Å²) in [6.07, 6.45) is 0.805. The van der Waals surface area contributed by atoms with Crippen LogP contribution in [0.1, 0.15) is 13.3 Å². The third kappa shape index (κ3) is 3.18. The van der Waals surface area contributed by atoms with Crippen LogP contribution in [0.25, 0.3) is 22.4 Å². The van der Waals surface area contributed by atoms with Gasteiger partial charge in [-0.15, -0.1) is 0 Å². The lowest BCUT2D eigenvalue weighted by atomic mass is 10.1. The molecule has 0 saturated heterocycles. The Morgan fingerprint density at radius 3 is 2.76 bits per heavy atom. The fraction of sp³-hybridized carbons (Fsp3) is 0.235. The minimum absolute atomic E-state index is 0.118. The maximum atomic E-state index is 11.5. The smallest absolute Gasteiger partial charge is 0.284 e. The molecule has 3 aromatic rings. The van der Waals surface area contributed by atoms with E-state index < -0.39 is 4.92 Å². The lowest BCUT2D eigenvalue weighted by Crippen LogP contribution is -2.01. The molecule has 3 N–H and O–H groups in total. The first-order valence-electron chi connectivity index (χ1n) is 7.78. The number of nitrogens with one attached hydrogen (secondary N) is 1. The van der Waals surface area contributed by atoms with Gasteiger partial charge in [0.1, 0.15) is 5.82 Å². The molecule has 8 nitrogen and oxygen atoms in total. The Labute approximate surface area is 143 Å². The van der Waals surface area contributed by atoms with E-state index in [1.807, 2.05) is 6.92 Å². The Morgan fingerprint density at radius 1 is 1.28 bits per heavy atom. The number of H-pyrrole nitrogens is 1. The molecule has 8 heteroatoms. The van der Waals surface area contributed by atoms with Crippen molar-refractivity contribution in [3.63, 3.8) is 0 Å². The maximum absolute atomic E-state index is 11.5. The minimum atomic E-state index is -0.469. The number of hydrogen-bond donors (Lipinski definition) is 2.